The van der Waals surface area contributed by atoms with Crippen LogP contribution in [0.1, 0.15) is 36.6 Å². The van der Waals surface area contributed by atoms with Gasteiger partial charge in [0.25, 0.3) is 5.56 Å². The molecule has 1 aliphatic heterocycles. The first-order valence-corrected chi connectivity index (χ1v) is 14.7. The van der Waals surface area contributed by atoms with Crippen LogP contribution in [0.15, 0.2) is 100 Å². The van der Waals surface area contributed by atoms with Gasteiger partial charge in [-0.3, -0.25) is 9.36 Å². The van der Waals surface area contributed by atoms with Crippen molar-refractivity contribution in [1.29, 1.82) is 0 Å². The average molecular weight is 598 g/mol. The number of nitrogens with zero attached hydrogens (tertiary/aromatic N) is 3. The van der Waals surface area contributed by atoms with E-state index in [-0.39, 0.29) is 12.2 Å². The van der Waals surface area contributed by atoms with E-state index in [4.69, 9.17) is 26.1 Å². The van der Waals surface area contributed by atoms with Crippen LogP contribution in [0.5, 0.6) is 5.75 Å². The van der Waals surface area contributed by atoms with Crippen molar-refractivity contribution in [2.24, 2.45) is 4.99 Å². The zero-order valence-electron chi connectivity index (χ0n) is 23.3. The number of methoxy groups -OCH3 is 1. The summed E-state index contributed by atoms with van der Waals surface area (Å²) in [7, 11) is 1.59. The van der Waals surface area contributed by atoms with Gasteiger partial charge in [-0.05, 0) is 55.3 Å². The van der Waals surface area contributed by atoms with E-state index < -0.39 is 12.0 Å². The first kappa shape index (κ1) is 27.8. The van der Waals surface area contributed by atoms with E-state index in [1.54, 1.807) is 25.5 Å². The summed E-state index contributed by atoms with van der Waals surface area (Å²) in [5.41, 5.74) is 4.36. The molecule has 0 bridgehead atoms. The molecule has 0 unspecified atom stereocenters. The third kappa shape index (κ3) is 4.97. The third-order valence-electron chi connectivity index (χ3n) is 7.35. The van der Waals surface area contributed by atoms with Crippen molar-refractivity contribution < 1.29 is 14.3 Å². The Bertz CT molecular complexity index is 2040. The molecule has 0 aliphatic carbocycles. The fraction of sp³-hybridized carbons (Fsp3) is 0.182. The van der Waals surface area contributed by atoms with Gasteiger partial charge < -0.3 is 14.0 Å². The van der Waals surface area contributed by atoms with Gasteiger partial charge in [0.2, 0.25) is 0 Å². The number of allylic oxidation sites excluding steroid dienone is 1. The minimum Gasteiger partial charge on any atom is -0.497 e. The molecule has 1 atom stereocenters. The molecule has 0 spiro atoms. The van der Waals surface area contributed by atoms with Crippen LogP contribution >= 0.6 is 22.9 Å². The third-order valence-corrected chi connectivity index (χ3v) is 8.70. The predicted molar refractivity (Wildman–Crippen MR) is 166 cm³/mol. The van der Waals surface area contributed by atoms with Gasteiger partial charge in [-0.1, -0.05) is 71.5 Å². The highest BCUT2D eigenvalue weighted by atomic mass is 35.5. The molecule has 6 rings (SSSR count). The Hall–Kier alpha value is -4.40. The maximum Gasteiger partial charge on any atom is 0.338 e. The number of para-hydroxylation sites is 1. The maximum absolute atomic E-state index is 14.1. The van der Waals surface area contributed by atoms with Gasteiger partial charge in [0.15, 0.2) is 4.80 Å². The monoisotopic (exact) mass is 597 g/mol. The molecule has 5 aromatic rings. The lowest BCUT2D eigenvalue weighted by Gasteiger charge is -2.24. The number of ether oxygens (including phenoxy) is 2. The van der Waals surface area contributed by atoms with Crippen molar-refractivity contribution in [2.45, 2.75) is 26.4 Å². The fourth-order valence-electron chi connectivity index (χ4n) is 5.37. The van der Waals surface area contributed by atoms with Crippen molar-refractivity contribution in [3.05, 3.63) is 132 Å². The van der Waals surface area contributed by atoms with Gasteiger partial charge in [-0.15, -0.1) is 0 Å². The van der Waals surface area contributed by atoms with Crippen molar-refractivity contribution in [1.82, 2.24) is 9.13 Å². The number of esters is 1. The molecule has 42 heavy (non-hydrogen) atoms. The van der Waals surface area contributed by atoms with Crippen molar-refractivity contribution in [3.63, 3.8) is 0 Å². The highest BCUT2D eigenvalue weighted by Gasteiger charge is 2.33. The SMILES string of the molecule is CCOC(=O)C1=C(C)N=c2s/c(=C\c3cn(Cc4ccccc4Cl)c4ccccc34)c(=O)n2[C@@H]1c1ccc(OC)cc1. The molecule has 0 saturated carbocycles. The number of hydrogen-bond acceptors (Lipinski definition) is 6. The number of halogens is 1. The van der Waals surface area contributed by atoms with Gasteiger partial charge in [0, 0.05) is 34.2 Å². The topological polar surface area (TPSA) is 74.8 Å². The second kappa shape index (κ2) is 11.5. The molecule has 212 valence electrons. The number of hydrogen-bond donors (Lipinski definition) is 0. The number of carbonyl (C=O) groups is 1. The highest BCUT2D eigenvalue weighted by Crippen LogP contribution is 2.32. The first-order chi connectivity index (χ1) is 20.4. The smallest absolute Gasteiger partial charge is 0.338 e. The summed E-state index contributed by atoms with van der Waals surface area (Å²) in [4.78, 5) is 32.5. The summed E-state index contributed by atoms with van der Waals surface area (Å²) in [5, 5.41) is 1.72. The summed E-state index contributed by atoms with van der Waals surface area (Å²) in [6, 6.07) is 22.5. The first-order valence-electron chi connectivity index (χ1n) is 13.5. The minimum atomic E-state index is -0.685. The van der Waals surface area contributed by atoms with Crippen LogP contribution in [-0.2, 0) is 16.1 Å². The molecule has 0 amide bonds. The van der Waals surface area contributed by atoms with Crippen LogP contribution in [0.2, 0.25) is 5.02 Å². The van der Waals surface area contributed by atoms with Gasteiger partial charge >= 0.3 is 5.97 Å². The number of carbonyl (C=O) groups excluding carboxylic acids is 1. The Kier molecular flexibility index (Phi) is 7.58. The summed E-state index contributed by atoms with van der Waals surface area (Å²) in [6.45, 7) is 4.35. The molecule has 0 saturated heterocycles. The number of fused-ring (bicyclic) bond motifs is 2. The minimum absolute atomic E-state index is 0.216. The molecular formula is C33H28ClN3O4S. The summed E-state index contributed by atoms with van der Waals surface area (Å²) < 4.78 is 15.0. The second-order valence-electron chi connectivity index (χ2n) is 9.90. The van der Waals surface area contributed by atoms with E-state index in [1.165, 1.54) is 11.3 Å². The molecule has 3 heterocycles. The molecule has 1 aliphatic rings. The standard InChI is InChI=1S/C33H28ClN3O4S/c1-4-41-32(39)29-20(2)35-33-37(30(29)21-13-15-24(40-3)16-14-21)31(38)28(42-33)17-23-19-36(27-12-8-6-10-25(23)27)18-22-9-5-7-11-26(22)34/h5-17,19,30H,4,18H2,1-3H3/b28-17-/t30-/m1/s1. The van der Waals surface area contributed by atoms with Gasteiger partial charge in [0.1, 0.15) is 5.75 Å². The van der Waals surface area contributed by atoms with E-state index >= 15 is 0 Å². The molecule has 2 aromatic heterocycles. The van der Waals surface area contributed by atoms with E-state index in [1.807, 2.05) is 79.0 Å². The molecule has 9 heteroatoms. The van der Waals surface area contributed by atoms with Gasteiger partial charge in [-0.25, -0.2) is 9.79 Å². The zero-order valence-corrected chi connectivity index (χ0v) is 24.9. The largest absolute Gasteiger partial charge is 0.497 e. The number of aromatic nitrogens is 2. The van der Waals surface area contributed by atoms with Crippen LogP contribution in [0.3, 0.4) is 0 Å². The van der Waals surface area contributed by atoms with E-state index in [0.29, 0.717) is 37.9 Å². The predicted octanol–water partition coefficient (Wildman–Crippen LogP) is 5.46. The van der Waals surface area contributed by atoms with Gasteiger partial charge in [0.05, 0.1) is 35.6 Å². The van der Waals surface area contributed by atoms with E-state index in [0.717, 1.165) is 27.6 Å². The normalized spacial score (nSPS) is 15.0. The molecule has 0 N–H and O–H groups in total. The Labute approximate surface area is 251 Å². The highest BCUT2D eigenvalue weighted by molar-refractivity contribution is 7.07. The molecule has 3 aromatic carbocycles. The van der Waals surface area contributed by atoms with E-state index in [9.17, 15) is 9.59 Å². The van der Waals surface area contributed by atoms with Crippen molar-refractivity contribution in [2.75, 3.05) is 13.7 Å². The van der Waals surface area contributed by atoms with Crippen LogP contribution in [0.25, 0.3) is 17.0 Å². The molecule has 0 radical (unpaired) electrons. The molecule has 0 fully saturated rings. The van der Waals surface area contributed by atoms with Crippen LogP contribution in [0.4, 0.5) is 0 Å². The summed E-state index contributed by atoms with van der Waals surface area (Å²) in [6.07, 6.45) is 3.95. The van der Waals surface area contributed by atoms with E-state index in [2.05, 4.69) is 10.6 Å². The number of thiazole rings is 1. The Morgan fingerprint density at radius 3 is 2.55 bits per heavy atom. The Balaban J connectivity index is 1.51. The average Bonchev–Trinajstić information content (AvgIpc) is 3.50. The lowest BCUT2D eigenvalue weighted by Crippen LogP contribution is -2.39. The molecular weight excluding hydrogens is 570 g/mol. The Morgan fingerprint density at radius 1 is 1.07 bits per heavy atom. The summed E-state index contributed by atoms with van der Waals surface area (Å²) >= 11 is 7.77. The van der Waals surface area contributed by atoms with Crippen LogP contribution in [0, 0.1) is 0 Å². The van der Waals surface area contributed by atoms with Crippen molar-refractivity contribution in [3.8, 4) is 5.75 Å². The number of benzene rings is 3. The Morgan fingerprint density at radius 2 is 1.81 bits per heavy atom. The summed E-state index contributed by atoms with van der Waals surface area (Å²) in [5.74, 6) is 0.189. The number of rotatable bonds is 7. The fourth-order valence-corrected chi connectivity index (χ4v) is 6.60. The maximum atomic E-state index is 14.1. The van der Waals surface area contributed by atoms with Crippen LogP contribution < -0.4 is 19.6 Å². The molecule has 7 nitrogen and oxygen atoms in total. The van der Waals surface area contributed by atoms with Crippen LogP contribution in [-0.4, -0.2) is 28.8 Å². The quantitative estimate of drug-likeness (QED) is 0.233. The second-order valence-corrected chi connectivity index (χ2v) is 11.3. The van der Waals surface area contributed by atoms with Gasteiger partial charge in [-0.2, -0.15) is 0 Å². The van der Waals surface area contributed by atoms with Crippen molar-refractivity contribution >= 4 is 45.9 Å². The lowest BCUT2D eigenvalue weighted by atomic mass is 9.96. The lowest BCUT2D eigenvalue weighted by molar-refractivity contribution is -0.139. The zero-order chi connectivity index (χ0) is 29.4.